The topological polar surface area (TPSA) is 47.6 Å². The number of rotatable bonds is 5. The van der Waals surface area contributed by atoms with Crippen molar-refractivity contribution in [3.05, 3.63) is 54.3 Å². The third kappa shape index (κ3) is 4.21. The van der Waals surface area contributed by atoms with Crippen LogP contribution in [0.2, 0.25) is 0 Å². The van der Waals surface area contributed by atoms with Gasteiger partial charge in [0.15, 0.2) is 6.10 Å². The third-order valence-electron chi connectivity index (χ3n) is 2.84. The number of hydrogen-bond acceptors (Lipinski definition) is 3. The number of amides is 1. The number of hydrogen-bond donors (Lipinski definition) is 1. The molecule has 1 amide bonds. The van der Waals surface area contributed by atoms with E-state index in [1.807, 2.05) is 0 Å². The molecule has 2 aromatic rings. The molecule has 4 nitrogen and oxygen atoms in total. The van der Waals surface area contributed by atoms with Crippen LogP contribution < -0.4 is 14.8 Å². The first-order valence-electron chi connectivity index (χ1n) is 6.45. The molecule has 0 bridgehead atoms. The van der Waals surface area contributed by atoms with Crippen LogP contribution >= 0.6 is 0 Å². The highest BCUT2D eigenvalue weighted by Gasteiger charge is 2.15. The molecule has 0 unspecified atom stereocenters. The lowest BCUT2D eigenvalue weighted by molar-refractivity contribution is -0.122. The van der Waals surface area contributed by atoms with Gasteiger partial charge in [-0.25, -0.2) is 4.39 Å². The second-order valence-electron chi connectivity index (χ2n) is 4.44. The van der Waals surface area contributed by atoms with Gasteiger partial charge in [0.25, 0.3) is 5.91 Å². The summed E-state index contributed by atoms with van der Waals surface area (Å²) >= 11 is 0. The van der Waals surface area contributed by atoms with Crippen molar-refractivity contribution in [1.82, 2.24) is 0 Å². The van der Waals surface area contributed by atoms with E-state index in [1.54, 1.807) is 38.3 Å². The van der Waals surface area contributed by atoms with Crippen LogP contribution in [0.25, 0.3) is 0 Å². The molecule has 0 radical (unpaired) electrons. The molecule has 0 spiro atoms. The average molecular weight is 289 g/mol. The van der Waals surface area contributed by atoms with Gasteiger partial charge in [0.1, 0.15) is 17.3 Å². The molecule has 1 atom stereocenters. The van der Waals surface area contributed by atoms with Crippen molar-refractivity contribution in [2.45, 2.75) is 13.0 Å². The van der Waals surface area contributed by atoms with Crippen molar-refractivity contribution in [3.63, 3.8) is 0 Å². The van der Waals surface area contributed by atoms with Crippen molar-refractivity contribution in [2.24, 2.45) is 0 Å². The number of methoxy groups -OCH3 is 1. The Morgan fingerprint density at radius 2 is 1.81 bits per heavy atom. The molecule has 0 fully saturated rings. The van der Waals surface area contributed by atoms with Crippen LogP contribution in [0.1, 0.15) is 6.92 Å². The molecular formula is C16H16FNO3. The highest BCUT2D eigenvalue weighted by Crippen LogP contribution is 2.20. The second kappa shape index (κ2) is 6.74. The first-order valence-corrected chi connectivity index (χ1v) is 6.45. The Bertz CT molecular complexity index is 613. The van der Waals surface area contributed by atoms with E-state index in [9.17, 15) is 9.18 Å². The lowest BCUT2D eigenvalue weighted by Crippen LogP contribution is -2.30. The summed E-state index contributed by atoms with van der Waals surface area (Å²) < 4.78 is 23.4. The SMILES string of the molecule is COc1cccc(O[C@H](C)C(=O)Nc2ccc(F)cc2)c1. The number of halogens is 1. The lowest BCUT2D eigenvalue weighted by atomic mass is 10.3. The Morgan fingerprint density at radius 3 is 2.48 bits per heavy atom. The highest BCUT2D eigenvalue weighted by molar-refractivity contribution is 5.94. The standard InChI is InChI=1S/C16H16FNO3/c1-11(21-15-5-3-4-14(10-15)20-2)16(19)18-13-8-6-12(17)7-9-13/h3-11H,1-2H3,(H,18,19)/t11-/m1/s1. The maximum atomic E-state index is 12.8. The average Bonchev–Trinajstić information content (AvgIpc) is 2.49. The van der Waals surface area contributed by atoms with E-state index >= 15 is 0 Å². The summed E-state index contributed by atoms with van der Waals surface area (Å²) in [5.41, 5.74) is 0.516. The number of carbonyl (C=O) groups excluding carboxylic acids is 1. The van der Waals surface area contributed by atoms with Gasteiger partial charge in [-0.3, -0.25) is 4.79 Å². The fourth-order valence-electron chi connectivity index (χ4n) is 1.71. The number of nitrogens with one attached hydrogen (secondary N) is 1. The van der Waals surface area contributed by atoms with Crippen LogP contribution in [0.4, 0.5) is 10.1 Å². The number of anilines is 1. The molecule has 0 aliphatic heterocycles. The third-order valence-corrected chi connectivity index (χ3v) is 2.84. The molecule has 0 heterocycles. The molecule has 1 N–H and O–H groups in total. The van der Waals surface area contributed by atoms with Gasteiger partial charge < -0.3 is 14.8 Å². The number of ether oxygens (including phenoxy) is 2. The van der Waals surface area contributed by atoms with Gasteiger partial charge in [-0.15, -0.1) is 0 Å². The van der Waals surface area contributed by atoms with Gasteiger partial charge >= 0.3 is 0 Å². The van der Waals surface area contributed by atoms with E-state index in [1.165, 1.54) is 24.3 Å². The number of benzene rings is 2. The first kappa shape index (κ1) is 14.8. The van der Waals surface area contributed by atoms with E-state index in [0.29, 0.717) is 17.2 Å². The smallest absolute Gasteiger partial charge is 0.265 e. The van der Waals surface area contributed by atoms with Gasteiger partial charge in [0.2, 0.25) is 0 Å². The van der Waals surface area contributed by atoms with E-state index in [0.717, 1.165) is 0 Å². The Kier molecular flexibility index (Phi) is 4.77. The normalized spacial score (nSPS) is 11.6. The van der Waals surface area contributed by atoms with Crippen molar-refractivity contribution in [2.75, 3.05) is 12.4 Å². The van der Waals surface area contributed by atoms with Gasteiger partial charge in [0, 0.05) is 11.8 Å². The van der Waals surface area contributed by atoms with Crippen LogP contribution in [0.5, 0.6) is 11.5 Å². The Balaban J connectivity index is 1.97. The largest absolute Gasteiger partial charge is 0.497 e. The molecule has 5 heteroatoms. The molecule has 0 aromatic heterocycles. The summed E-state index contributed by atoms with van der Waals surface area (Å²) in [5.74, 6) is 0.521. The maximum absolute atomic E-state index is 12.8. The fraction of sp³-hybridized carbons (Fsp3) is 0.188. The van der Waals surface area contributed by atoms with E-state index in [-0.39, 0.29) is 11.7 Å². The van der Waals surface area contributed by atoms with Crippen LogP contribution in [0.3, 0.4) is 0 Å². The maximum Gasteiger partial charge on any atom is 0.265 e. The summed E-state index contributed by atoms with van der Waals surface area (Å²) in [6.07, 6.45) is -0.692. The van der Waals surface area contributed by atoms with Crippen LogP contribution in [-0.4, -0.2) is 19.1 Å². The molecule has 2 rings (SSSR count). The minimum Gasteiger partial charge on any atom is -0.497 e. The Morgan fingerprint density at radius 1 is 1.14 bits per heavy atom. The predicted octanol–water partition coefficient (Wildman–Crippen LogP) is 3.24. The monoisotopic (exact) mass is 289 g/mol. The van der Waals surface area contributed by atoms with E-state index in [4.69, 9.17) is 9.47 Å². The Hall–Kier alpha value is -2.56. The van der Waals surface area contributed by atoms with Crippen LogP contribution in [0.15, 0.2) is 48.5 Å². The quantitative estimate of drug-likeness (QED) is 0.919. The summed E-state index contributed by atoms with van der Waals surface area (Å²) in [6.45, 7) is 1.64. The molecule has 0 aliphatic carbocycles. The van der Waals surface area contributed by atoms with Crippen molar-refractivity contribution < 1.29 is 18.7 Å². The molecule has 0 saturated heterocycles. The van der Waals surface area contributed by atoms with Crippen molar-refractivity contribution in [1.29, 1.82) is 0 Å². The summed E-state index contributed by atoms with van der Waals surface area (Å²) in [4.78, 5) is 12.0. The second-order valence-corrected chi connectivity index (χ2v) is 4.44. The molecule has 110 valence electrons. The number of carbonyl (C=O) groups is 1. The molecule has 2 aromatic carbocycles. The molecule has 0 aliphatic rings. The summed E-state index contributed by atoms with van der Waals surface area (Å²) in [7, 11) is 1.56. The van der Waals surface area contributed by atoms with Crippen LogP contribution in [0, 0.1) is 5.82 Å². The zero-order valence-corrected chi connectivity index (χ0v) is 11.8. The van der Waals surface area contributed by atoms with Gasteiger partial charge in [-0.05, 0) is 43.3 Å². The van der Waals surface area contributed by atoms with Gasteiger partial charge in [0.05, 0.1) is 7.11 Å². The molecule has 21 heavy (non-hydrogen) atoms. The Labute approximate surface area is 122 Å². The van der Waals surface area contributed by atoms with Crippen LogP contribution in [-0.2, 0) is 4.79 Å². The van der Waals surface area contributed by atoms with Gasteiger partial charge in [-0.1, -0.05) is 6.07 Å². The zero-order chi connectivity index (χ0) is 15.2. The van der Waals surface area contributed by atoms with E-state index in [2.05, 4.69) is 5.32 Å². The highest BCUT2D eigenvalue weighted by atomic mass is 19.1. The van der Waals surface area contributed by atoms with Crippen molar-refractivity contribution >= 4 is 11.6 Å². The minimum atomic E-state index is -0.692. The zero-order valence-electron chi connectivity index (χ0n) is 11.8. The first-order chi connectivity index (χ1) is 10.1. The summed E-state index contributed by atoms with van der Waals surface area (Å²) in [5, 5.41) is 2.66. The predicted molar refractivity (Wildman–Crippen MR) is 78.1 cm³/mol. The van der Waals surface area contributed by atoms with Crippen molar-refractivity contribution in [3.8, 4) is 11.5 Å². The van der Waals surface area contributed by atoms with E-state index < -0.39 is 6.10 Å². The minimum absolute atomic E-state index is 0.315. The summed E-state index contributed by atoms with van der Waals surface area (Å²) in [6, 6.07) is 12.5. The lowest BCUT2D eigenvalue weighted by Gasteiger charge is -2.15. The molecule has 0 saturated carbocycles. The molecular weight excluding hydrogens is 273 g/mol. The van der Waals surface area contributed by atoms with Gasteiger partial charge in [-0.2, -0.15) is 0 Å². The fourth-order valence-corrected chi connectivity index (χ4v) is 1.71.